The van der Waals surface area contributed by atoms with Crippen LogP contribution in [0.15, 0.2) is 6.07 Å². The average Bonchev–Trinajstić information content (AvgIpc) is 2.93. The van der Waals surface area contributed by atoms with Gasteiger partial charge in [0.25, 0.3) is 0 Å². The summed E-state index contributed by atoms with van der Waals surface area (Å²) < 4.78 is 37.5. The van der Waals surface area contributed by atoms with Crippen molar-refractivity contribution in [3.05, 3.63) is 17.3 Å². The highest BCUT2D eigenvalue weighted by Crippen LogP contribution is 2.30. The quantitative estimate of drug-likeness (QED) is 0.907. The minimum Gasteiger partial charge on any atom is -0.324 e. The lowest BCUT2D eigenvalue weighted by molar-refractivity contribution is -0.147. The monoisotopic (exact) mass is 328 g/mol. The van der Waals surface area contributed by atoms with Gasteiger partial charge in [-0.2, -0.15) is 18.3 Å². The lowest BCUT2D eigenvalue weighted by atomic mass is 9.95. The Bertz CT molecular complexity index is 591. The summed E-state index contributed by atoms with van der Waals surface area (Å²) in [4.78, 5) is 13.7. The molecule has 2 heterocycles. The first-order chi connectivity index (χ1) is 10.9. The Morgan fingerprint density at radius 3 is 2.91 bits per heavy atom. The van der Waals surface area contributed by atoms with E-state index in [-0.39, 0.29) is 6.54 Å². The molecular weight excluding hydrogens is 309 g/mol. The number of anilines is 1. The molecule has 5 nitrogen and oxygen atoms in total. The molecule has 1 unspecified atom stereocenters. The number of halogens is 3. The molecule has 1 N–H and O–H groups in total. The zero-order valence-electron chi connectivity index (χ0n) is 12.7. The van der Waals surface area contributed by atoms with E-state index in [1.165, 1.54) is 4.90 Å². The molecule has 0 spiro atoms. The van der Waals surface area contributed by atoms with Crippen molar-refractivity contribution in [2.45, 2.75) is 44.7 Å². The summed E-state index contributed by atoms with van der Waals surface area (Å²) in [6.45, 7) is 0.599. The van der Waals surface area contributed by atoms with E-state index in [1.807, 2.05) is 6.07 Å². The highest BCUT2D eigenvalue weighted by molar-refractivity contribution is 5.88. The van der Waals surface area contributed by atoms with E-state index in [2.05, 4.69) is 15.5 Å². The normalized spacial score (nSPS) is 21.2. The zero-order chi connectivity index (χ0) is 16.4. The summed E-state index contributed by atoms with van der Waals surface area (Å²) in [6.07, 6.45) is -1.07. The second-order valence-electron chi connectivity index (χ2n) is 6.26. The Hall–Kier alpha value is -1.86. The number of urea groups is 1. The van der Waals surface area contributed by atoms with Crippen molar-refractivity contribution in [1.82, 2.24) is 15.1 Å². The molecule has 1 aliphatic carbocycles. The molecule has 0 radical (unpaired) electrons. The van der Waals surface area contributed by atoms with E-state index in [1.54, 1.807) is 0 Å². The van der Waals surface area contributed by atoms with E-state index in [9.17, 15) is 18.0 Å². The number of amides is 2. The molecule has 8 heteroatoms. The lowest BCUT2D eigenvalue weighted by Crippen LogP contribution is -2.43. The Balaban J connectivity index is 1.59. The predicted molar refractivity (Wildman–Crippen MR) is 78.0 cm³/mol. The maximum Gasteiger partial charge on any atom is 0.389 e. The van der Waals surface area contributed by atoms with E-state index in [4.69, 9.17) is 0 Å². The Kier molecular flexibility index (Phi) is 4.41. The number of nitrogens with zero attached hydrogens (tertiary/aromatic N) is 3. The van der Waals surface area contributed by atoms with Crippen LogP contribution in [0, 0.1) is 5.92 Å². The third kappa shape index (κ3) is 4.11. The molecule has 23 heavy (non-hydrogen) atoms. The summed E-state index contributed by atoms with van der Waals surface area (Å²) in [5.41, 5.74) is 2.05. The number of hydrogen-bond acceptors (Lipinski definition) is 3. The number of carbonyl (C=O) groups is 1. The number of piperidine rings is 1. The van der Waals surface area contributed by atoms with Gasteiger partial charge in [0.2, 0.25) is 0 Å². The van der Waals surface area contributed by atoms with Crippen molar-refractivity contribution in [1.29, 1.82) is 0 Å². The minimum absolute atomic E-state index is 0.129. The van der Waals surface area contributed by atoms with Gasteiger partial charge in [-0.15, -0.1) is 5.10 Å². The van der Waals surface area contributed by atoms with Crippen LogP contribution in [-0.2, 0) is 12.8 Å². The van der Waals surface area contributed by atoms with Gasteiger partial charge in [0.15, 0.2) is 5.82 Å². The van der Waals surface area contributed by atoms with Crippen LogP contribution in [0.2, 0.25) is 0 Å². The van der Waals surface area contributed by atoms with Gasteiger partial charge < -0.3 is 4.90 Å². The SMILES string of the molecule is O=C(Nc1cc2c(nn1)CCC2)N1CCCC(CC(F)(F)F)C1. The molecule has 2 aliphatic rings. The van der Waals surface area contributed by atoms with Crippen molar-refractivity contribution in [3.8, 4) is 0 Å². The van der Waals surface area contributed by atoms with Gasteiger partial charge in [0.05, 0.1) is 5.69 Å². The van der Waals surface area contributed by atoms with Gasteiger partial charge in [0, 0.05) is 19.5 Å². The van der Waals surface area contributed by atoms with E-state index in [0.717, 1.165) is 30.5 Å². The second-order valence-corrected chi connectivity index (χ2v) is 6.26. The van der Waals surface area contributed by atoms with Gasteiger partial charge >= 0.3 is 12.2 Å². The second kappa shape index (κ2) is 6.33. The average molecular weight is 328 g/mol. The molecule has 1 aromatic rings. The first-order valence-corrected chi connectivity index (χ1v) is 7.89. The number of carbonyl (C=O) groups excluding carboxylic acids is 1. The van der Waals surface area contributed by atoms with Gasteiger partial charge in [-0.1, -0.05) is 0 Å². The molecule has 1 fully saturated rings. The number of fused-ring (bicyclic) bond motifs is 1. The van der Waals surface area contributed by atoms with Crippen LogP contribution in [-0.4, -0.2) is 40.4 Å². The molecule has 1 saturated heterocycles. The summed E-state index contributed by atoms with van der Waals surface area (Å²) >= 11 is 0. The van der Waals surface area contributed by atoms with E-state index >= 15 is 0 Å². The summed E-state index contributed by atoms with van der Waals surface area (Å²) in [7, 11) is 0. The number of likely N-dealkylation sites (tertiary alicyclic amines) is 1. The molecule has 0 aromatic carbocycles. The van der Waals surface area contributed by atoms with Crippen LogP contribution in [0.25, 0.3) is 0 Å². The molecule has 126 valence electrons. The maximum atomic E-state index is 12.5. The van der Waals surface area contributed by atoms with Crippen LogP contribution >= 0.6 is 0 Å². The first-order valence-electron chi connectivity index (χ1n) is 7.89. The van der Waals surface area contributed by atoms with Crippen molar-refractivity contribution in [2.75, 3.05) is 18.4 Å². The number of rotatable bonds is 2. The Labute approximate surface area is 132 Å². The summed E-state index contributed by atoms with van der Waals surface area (Å²) in [5, 5.41) is 10.7. The zero-order valence-corrected chi connectivity index (χ0v) is 12.7. The third-order valence-electron chi connectivity index (χ3n) is 4.38. The molecule has 2 amide bonds. The van der Waals surface area contributed by atoms with Gasteiger partial charge in [-0.25, -0.2) is 4.79 Å². The van der Waals surface area contributed by atoms with Crippen molar-refractivity contribution in [2.24, 2.45) is 5.92 Å². The number of hydrogen-bond donors (Lipinski definition) is 1. The molecule has 3 rings (SSSR count). The fourth-order valence-corrected chi connectivity index (χ4v) is 3.32. The Morgan fingerprint density at radius 2 is 2.13 bits per heavy atom. The molecule has 1 aliphatic heterocycles. The number of alkyl halides is 3. The van der Waals surface area contributed by atoms with Crippen molar-refractivity contribution < 1.29 is 18.0 Å². The Morgan fingerprint density at radius 1 is 1.30 bits per heavy atom. The highest BCUT2D eigenvalue weighted by atomic mass is 19.4. The fraction of sp³-hybridized carbons (Fsp3) is 0.667. The topological polar surface area (TPSA) is 58.1 Å². The van der Waals surface area contributed by atoms with E-state index < -0.39 is 24.5 Å². The summed E-state index contributed by atoms with van der Waals surface area (Å²) in [6, 6.07) is 1.41. The van der Waals surface area contributed by atoms with Crippen LogP contribution in [0.1, 0.15) is 36.9 Å². The lowest BCUT2D eigenvalue weighted by Gasteiger charge is -2.33. The minimum atomic E-state index is -4.18. The summed E-state index contributed by atoms with van der Waals surface area (Å²) in [5.74, 6) is -0.158. The predicted octanol–water partition coefficient (Wildman–Crippen LogP) is 3.16. The van der Waals surface area contributed by atoms with Crippen LogP contribution in [0.3, 0.4) is 0 Å². The fourth-order valence-electron chi connectivity index (χ4n) is 3.32. The van der Waals surface area contributed by atoms with Crippen molar-refractivity contribution in [3.63, 3.8) is 0 Å². The number of aromatic nitrogens is 2. The van der Waals surface area contributed by atoms with E-state index in [0.29, 0.717) is 25.2 Å². The number of nitrogens with one attached hydrogen (secondary N) is 1. The molecule has 1 atom stereocenters. The van der Waals surface area contributed by atoms with Gasteiger partial charge in [-0.3, -0.25) is 5.32 Å². The third-order valence-corrected chi connectivity index (χ3v) is 4.38. The van der Waals surface area contributed by atoms with Crippen LogP contribution in [0.4, 0.5) is 23.8 Å². The van der Waals surface area contributed by atoms with Crippen molar-refractivity contribution >= 4 is 11.8 Å². The van der Waals surface area contributed by atoms with Crippen LogP contribution < -0.4 is 5.32 Å². The number of aryl methyl sites for hydroxylation is 2. The first kappa shape index (κ1) is 16.0. The van der Waals surface area contributed by atoms with Gasteiger partial charge in [-0.05, 0) is 49.7 Å². The van der Waals surface area contributed by atoms with Gasteiger partial charge in [0.1, 0.15) is 0 Å². The highest BCUT2D eigenvalue weighted by Gasteiger charge is 2.35. The molecule has 0 saturated carbocycles. The largest absolute Gasteiger partial charge is 0.389 e. The maximum absolute atomic E-state index is 12.5. The standard InChI is InChI=1S/C15H19F3N4O/c16-15(17,18)8-10-3-2-6-22(9-10)14(23)19-13-7-11-4-1-5-12(11)20-21-13/h7,10H,1-6,8-9H2,(H,19,21,23). The smallest absolute Gasteiger partial charge is 0.324 e. The molecular formula is C15H19F3N4O. The molecule has 1 aromatic heterocycles. The van der Waals surface area contributed by atoms with Crippen LogP contribution in [0.5, 0.6) is 0 Å². The molecule has 0 bridgehead atoms.